The number of aromatic nitrogens is 4. The van der Waals surface area contributed by atoms with Crippen molar-refractivity contribution < 1.29 is 134 Å². The van der Waals surface area contributed by atoms with Crippen LogP contribution in [0.2, 0.25) is 0 Å². The Kier molecular flexibility index (Phi) is 37.2. The third-order valence-corrected chi connectivity index (χ3v) is 20.6. The fourth-order valence-electron chi connectivity index (χ4n) is 14.9. The number of anilines is 2. The number of carbonyl (C=O) groups is 1. The number of fused-ring (bicyclic) bond motifs is 3. The number of hydrogen-bond donors (Lipinski definition) is 4. The molecule has 2 aliphatic heterocycles. The molecule has 0 amide bonds. The van der Waals surface area contributed by atoms with Gasteiger partial charge in [-0.15, -0.1) is 65.2 Å². The molecule has 4 radical (unpaired) electrons. The fourth-order valence-corrected chi connectivity index (χ4v) is 14.9. The van der Waals surface area contributed by atoms with Crippen molar-refractivity contribution in [3.05, 3.63) is 331 Å². The van der Waals surface area contributed by atoms with Gasteiger partial charge in [-0.1, -0.05) is 208 Å². The number of aliphatic hydroxyl groups is 4. The zero-order valence-electron chi connectivity index (χ0n) is 70.1. The number of piperidine rings is 1. The van der Waals surface area contributed by atoms with E-state index in [0.29, 0.717) is 40.0 Å². The second-order valence-corrected chi connectivity index (χ2v) is 29.1. The van der Waals surface area contributed by atoms with E-state index in [1.807, 2.05) is 152 Å². The summed E-state index contributed by atoms with van der Waals surface area (Å²) in [4.78, 5) is 32.9. The maximum absolute atomic E-state index is 10.0. The van der Waals surface area contributed by atoms with Crippen LogP contribution >= 0.6 is 0 Å². The number of allylic oxidation sites excluding steroid dienone is 2. The average Bonchev–Trinajstić information content (AvgIpc) is 0.919. The zero-order valence-corrected chi connectivity index (χ0v) is 79.6. The number of hydrogen-bond acceptors (Lipinski definition) is 17. The third-order valence-electron chi connectivity index (χ3n) is 20.6. The molecule has 0 atom stereocenters. The first-order chi connectivity index (χ1) is 58.6. The molecule has 17 nitrogen and oxygen atoms in total. The smallest absolute Gasteiger partial charge is 0.155 e. The molecule has 4 aromatic heterocycles. The Morgan fingerprint density at radius 1 is 0.395 bits per heavy atom. The van der Waals surface area contributed by atoms with Crippen molar-refractivity contribution in [3.8, 4) is 108 Å². The van der Waals surface area contributed by atoms with Gasteiger partial charge in [0.2, 0.25) is 0 Å². The number of rotatable bonds is 20. The molecule has 17 rings (SSSR count). The van der Waals surface area contributed by atoms with Crippen LogP contribution in [-0.2, 0) is 105 Å². The molecule has 124 heavy (non-hydrogen) atoms. The Labute approximate surface area is 779 Å². The van der Waals surface area contributed by atoms with E-state index in [1.54, 1.807) is 45.9 Å². The van der Waals surface area contributed by atoms with Crippen LogP contribution in [-0.4, -0.2) is 93.7 Å². The molecule has 4 N–H and O–H groups in total. The molecule has 2 fully saturated rings. The predicted octanol–water partition coefficient (Wildman–Crippen LogP) is 22.7. The van der Waals surface area contributed by atoms with Gasteiger partial charge in [-0.3, -0.25) is 4.79 Å². The van der Waals surface area contributed by atoms with Crippen LogP contribution in [0, 0.1) is 45.0 Å². The van der Waals surface area contributed by atoms with Crippen LogP contribution < -0.4 is 38.2 Å². The molecule has 0 saturated carbocycles. The quantitative estimate of drug-likeness (QED) is 0.0317. The summed E-state index contributed by atoms with van der Waals surface area (Å²) < 4.78 is 35.3. The van der Waals surface area contributed by atoms with E-state index >= 15 is 0 Å². The number of aryl methyl sites for hydroxylation is 3. The number of ether oxygens (including phenoxy) is 6. The molecule has 644 valence electrons. The van der Waals surface area contributed by atoms with Gasteiger partial charge in [0, 0.05) is 207 Å². The second kappa shape index (κ2) is 47.7. The second-order valence-electron chi connectivity index (χ2n) is 29.1. The van der Waals surface area contributed by atoms with Crippen molar-refractivity contribution in [3.63, 3.8) is 0 Å². The van der Waals surface area contributed by atoms with Gasteiger partial charge in [0.15, 0.2) is 5.78 Å². The molecule has 0 spiro atoms. The Morgan fingerprint density at radius 2 is 0.790 bits per heavy atom. The summed E-state index contributed by atoms with van der Waals surface area (Å²) in [6.45, 7) is 13.5. The van der Waals surface area contributed by atoms with Crippen LogP contribution in [0.5, 0.6) is 51.7 Å². The number of nitrogens with zero attached hydrogens (tertiary/aromatic N) is 6. The Balaban J connectivity index is 0.000000190. The summed E-state index contributed by atoms with van der Waals surface area (Å²) in [6.07, 6.45) is 14.6. The fraction of sp³-hybridized carbons (Fsp3) is 0.194. The van der Waals surface area contributed by atoms with Crippen molar-refractivity contribution in [2.45, 2.75) is 86.5 Å². The summed E-state index contributed by atoms with van der Waals surface area (Å²) in [5, 5.41) is 43.4. The van der Waals surface area contributed by atoms with Crippen LogP contribution in [0.4, 0.5) is 11.4 Å². The molecule has 0 unspecified atom stereocenters. The van der Waals surface area contributed by atoms with E-state index in [9.17, 15) is 20.1 Å². The number of carbonyl (C=O) groups excluding carboxylic acids is 1. The molecular weight excluding hydrogens is 2270 g/mol. The molecular formula is C103H96Ir4N6O11-4. The first-order valence-corrected chi connectivity index (χ1v) is 40.0. The summed E-state index contributed by atoms with van der Waals surface area (Å²) in [5.74, 6) is 6.19. The van der Waals surface area contributed by atoms with Crippen LogP contribution in [0.1, 0.15) is 79.3 Å². The average molecular weight is 2360 g/mol. The third kappa shape index (κ3) is 25.1. The SMILES string of the molecule is CC(=O)C=C(C)O.COc1c[c-]c(-c2cc(CO)ccn2)c(-c2c(C)cc(C)cc2C)c1.COc1c[c-]c(-c2cc(N3CCCC3)ccn2)c(CO)c1.COc1c[c-]c(-c2cc(N3CCCCC3)ccn2)c(CO)c1.[Ir].[Ir].[Ir].[Ir].[c-]1cc(Oc2cccc3ccccc23)cc(Oc2cccc3ccccc23)c1-c1cc(Oc2cccc3ccccc23)ccn1. The molecule has 2 saturated heterocycles. The summed E-state index contributed by atoms with van der Waals surface area (Å²) >= 11 is 0. The first-order valence-electron chi connectivity index (χ1n) is 40.0. The number of ketones is 1. The predicted molar refractivity (Wildman–Crippen MR) is 478 cm³/mol. The van der Waals surface area contributed by atoms with E-state index in [1.165, 1.54) is 85.7 Å². The minimum Gasteiger partial charge on any atom is -0.540 e. The van der Waals surface area contributed by atoms with Gasteiger partial charge >= 0.3 is 0 Å². The Bertz CT molecular complexity index is 6060. The van der Waals surface area contributed by atoms with E-state index in [0.717, 1.165) is 138 Å². The molecule has 2 aliphatic rings. The number of methoxy groups -OCH3 is 3. The largest absolute Gasteiger partial charge is 0.540 e. The molecule has 0 aliphatic carbocycles. The minimum absolute atomic E-state index is 0. The number of benzene rings is 11. The Morgan fingerprint density at radius 3 is 1.24 bits per heavy atom. The van der Waals surface area contributed by atoms with Crippen LogP contribution in [0.25, 0.3) is 88.5 Å². The van der Waals surface area contributed by atoms with E-state index in [2.05, 4.69) is 155 Å². The summed E-state index contributed by atoms with van der Waals surface area (Å²) in [6, 6.07) is 90.6. The van der Waals surface area contributed by atoms with Gasteiger partial charge in [-0.25, -0.2) is 0 Å². The van der Waals surface area contributed by atoms with E-state index in [4.69, 9.17) is 38.5 Å². The minimum atomic E-state index is -0.125. The van der Waals surface area contributed by atoms with Gasteiger partial charge in [-0.2, -0.15) is 0 Å². The first kappa shape index (κ1) is 96.7. The maximum Gasteiger partial charge on any atom is 0.155 e. The van der Waals surface area contributed by atoms with Crippen molar-refractivity contribution in [2.75, 3.05) is 57.3 Å². The van der Waals surface area contributed by atoms with Crippen molar-refractivity contribution in [1.29, 1.82) is 0 Å². The summed E-state index contributed by atoms with van der Waals surface area (Å²) in [7, 11) is 4.88. The molecule has 15 aromatic rings. The topological polar surface area (TPSA) is 211 Å². The molecule has 11 aromatic carbocycles. The van der Waals surface area contributed by atoms with Crippen LogP contribution in [0.3, 0.4) is 0 Å². The number of aliphatic hydroxyl groups excluding tert-OH is 4. The normalized spacial score (nSPS) is 11.9. The molecule has 21 heteroatoms. The van der Waals surface area contributed by atoms with Gasteiger partial charge in [-0.05, 0) is 160 Å². The molecule has 6 heterocycles. The van der Waals surface area contributed by atoms with Crippen molar-refractivity contribution >= 4 is 49.5 Å². The monoisotopic (exact) mass is 2360 g/mol. The number of pyridine rings is 4. The van der Waals surface area contributed by atoms with Crippen molar-refractivity contribution in [2.24, 2.45) is 0 Å². The maximum atomic E-state index is 10.0. The van der Waals surface area contributed by atoms with Gasteiger partial charge in [0.05, 0.1) is 33.7 Å². The van der Waals surface area contributed by atoms with Crippen molar-refractivity contribution in [1.82, 2.24) is 19.9 Å². The zero-order chi connectivity index (χ0) is 83.9. The van der Waals surface area contributed by atoms with E-state index < -0.39 is 0 Å². The van der Waals surface area contributed by atoms with Gasteiger partial charge in [0.25, 0.3) is 0 Å². The summed E-state index contributed by atoms with van der Waals surface area (Å²) in [5.41, 5.74) is 17.0. The van der Waals surface area contributed by atoms with Gasteiger partial charge in [0.1, 0.15) is 23.0 Å². The standard InChI is InChI=1S/C41H26NO3.C22H22NO2.C18H21N2O2.C17H19N2O2.C5H8O2.4Ir/c1-4-16-33-28(10-1)13-7-19-38(33)43-31-22-23-36(41(27-31)45-40-21-9-15-30-12-3-6-18-35(30)40)37-26-32(24-25-42-37)44-39-20-8-14-29-11-2-5-17-34(29)39;1-14-9-15(2)22(16(3)10-14)20-12-18(25-4)5-6-19(20)21-11-17(13-24)7-8-23-21;1-22-16-5-6-17(14(11-16)13-21)18-12-15(7-8-19-18)20-9-3-2-4-10-20;1-21-15-4-5-16(13(10-15)12-20)17-11-14(6-7-18-17)19-8-2-3-9-19;1-4(6)3-5(2)7;;;;/h1-22,24-27H;5,7-12,24H,13H2,1-4H3;5,7-8,11-12,21H,2-4,9-10,13H2,1H3;4,6-7,10-11,20H,2-3,8-9,12H2,1H3;3,6H,1-2H3;;;;/q4*-1;;;;;. The van der Waals surface area contributed by atoms with Gasteiger partial charge < -0.3 is 78.6 Å². The Hall–Kier alpha value is -11.1. The molecule has 0 bridgehead atoms. The van der Waals surface area contributed by atoms with Crippen LogP contribution in [0.15, 0.2) is 273 Å². The van der Waals surface area contributed by atoms with E-state index in [-0.39, 0.29) is 112 Å².